The van der Waals surface area contributed by atoms with Gasteiger partial charge in [0.25, 0.3) is 0 Å². The average Bonchev–Trinajstić information content (AvgIpc) is 2.55. The van der Waals surface area contributed by atoms with Crippen LogP contribution in [0.3, 0.4) is 0 Å². The van der Waals surface area contributed by atoms with Crippen LogP contribution in [0.4, 0.5) is 14.5 Å². The number of nitrogens with zero attached hydrogens (tertiary/aromatic N) is 2. The van der Waals surface area contributed by atoms with Crippen molar-refractivity contribution in [3.63, 3.8) is 0 Å². The van der Waals surface area contributed by atoms with E-state index >= 15 is 0 Å². The molecule has 0 amide bonds. The molecule has 1 aliphatic rings. The normalized spacial score (nSPS) is 15.3. The molecule has 0 saturated heterocycles. The smallest absolute Gasteiger partial charge is 0.128 e. The van der Waals surface area contributed by atoms with Gasteiger partial charge in [-0.3, -0.25) is 0 Å². The molecule has 0 spiro atoms. The van der Waals surface area contributed by atoms with Crippen LogP contribution in [0, 0.1) is 11.6 Å². The Bertz CT molecular complexity index is 721. The first-order valence-electron chi connectivity index (χ1n) is 7.39. The van der Waals surface area contributed by atoms with Crippen LogP contribution in [-0.4, -0.2) is 12.5 Å². The van der Waals surface area contributed by atoms with E-state index in [1.807, 2.05) is 30.3 Å². The molecule has 0 fully saturated rings. The predicted octanol–water partition coefficient (Wildman–Crippen LogP) is 4.01. The summed E-state index contributed by atoms with van der Waals surface area (Å²) in [6, 6.07) is 13.6. The van der Waals surface area contributed by atoms with Crippen LogP contribution in [0.5, 0.6) is 0 Å². The molecule has 1 aliphatic heterocycles. The summed E-state index contributed by atoms with van der Waals surface area (Å²) in [5, 5.41) is 3.32. The van der Waals surface area contributed by atoms with Crippen LogP contribution in [0.15, 0.2) is 65.8 Å². The molecule has 1 N–H and O–H groups in total. The standard InChI is InChI=1S/C18H17F2N3/c1-13(14-5-3-2-4-6-14)22-18-7-8-23(12-21-18)17-10-15(19)9-16(20)11-17/h2-11,13H,12H2,1H3,(H,21,22). The summed E-state index contributed by atoms with van der Waals surface area (Å²) in [4.78, 5) is 6.10. The largest absolute Gasteiger partial charge is 0.364 e. The lowest BCUT2D eigenvalue weighted by molar-refractivity contribution is 0.583. The summed E-state index contributed by atoms with van der Waals surface area (Å²) >= 11 is 0. The van der Waals surface area contributed by atoms with Crippen molar-refractivity contribution in [1.82, 2.24) is 5.32 Å². The molecule has 5 heteroatoms. The second kappa shape index (κ2) is 6.60. The number of halogens is 2. The van der Waals surface area contributed by atoms with Crippen LogP contribution in [0.25, 0.3) is 0 Å². The van der Waals surface area contributed by atoms with Crippen molar-refractivity contribution < 1.29 is 8.78 Å². The van der Waals surface area contributed by atoms with Gasteiger partial charge in [-0.25, -0.2) is 13.8 Å². The Morgan fingerprint density at radius 1 is 1.09 bits per heavy atom. The average molecular weight is 313 g/mol. The van der Waals surface area contributed by atoms with E-state index in [4.69, 9.17) is 0 Å². The van der Waals surface area contributed by atoms with Gasteiger partial charge < -0.3 is 10.2 Å². The van der Waals surface area contributed by atoms with Crippen LogP contribution in [0.1, 0.15) is 18.5 Å². The highest BCUT2D eigenvalue weighted by molar-refractivity contribution is 5.94. The number of hydrogen-bond acceptors (Lipinski definition) is 3. The Hall–Kier alpha value is -2.69. The molecule has 1 atom stereocenters. The minimum absolute atomic E-state index is 0.123. The lowest BCUT2D eigenvalue weighted by Crippen LogP contribution is -2.31. The van der Waals surface area contributed by atoms with E-state index < -0.39 is 11.6 Å². The van der Waals surface area contributed by atoms with E-state index in [0.717, 1.165) is 11.9 Å². The van der Waals surface area contributed by atoms with Gasteiger partial charge in [0, 0.05) is 24.0 Å². The molecule has 0 saturated carbocycles. The molecule has 2 aromatic rings. The van der Waals surface area contributed by atoms with Gasteiger partial charge in [0.2, 0.25) is 0 Å². The fraction of sp³-hybridized carbons (Fsp3) is 0.167. The van der Waals surface area contributed by atoms with Gasteiger partial charge in [-0.05, 0) is 30.7 Å². The molecule has 2 aromatic carbocycles. The van der Waals surface area contributed by atoms with E-state index in [1.165, 1.54) is 17.7 Å². The summed E-state index contributed by atoms with van der Waals surface area (Å²) in [6.07, 6.45) is 3.56. The van der Waals surface area contributed by atoms with Gasteiger partial charge >= 0.3 is 0 Å². The fourth-order valence-corrected chi connectivity index (χ4v) is 2.43. The number of hydrogen-bond donors (Lipinski definition) is 1. The Morgan fingerprint density at radius 2 is 1.78 bits per heavy atom. The molecular formula is C18H17F2N3. The topological polar surface area (TPSA) is 27.6 Å². The van der Waals surface area contributed by atoms with E-state index in [0.29, 0.717) is 12.4 Å². The zero-order valence-corrected chi connectivity index (χ0v) is 12.7. The van der Waals surface area contributed by atoms with Crippen molar-refractivity contribution in [3.8, 4) is 0 Å². The van der Waals surface area contributed by atoms with Gasteiger partial charge in [-0.1, -0.05) is 30.3 Å². The van der Waals surface area contributed by atoms with Crippen molar-refractivity contribution in [2.45, 2.75) is 13.0 Å². The van der Waals surface area contributed by atoms with E-state index in [-0.39, 0.29) is 6.04 Å². The Morgan fingerprint density at radius 3 is 2.39 bits per heavy atom. The SMILES string of the molecule is CC(NC1=NCN(c2cc(F)cc(F)c2)C=C1)c1ccccc1. The second-order valence-electron chi connectivity index (χ2n) is 5.37. The zero-order chi connectivity index (χ0) is 16.2. The van der Waals surface area contributed by atoms with Gasteiger partial charge in [-0.2, -0.15) is 0 Å². The van der Waals surface area contributed by atoms with Crippen molar-refractivity contribution in [3.05, 3.63) is 78.0 Å². The minimum atomic E-state index is -0.598. The summed E-state index contributed by atoms with van der Waals surface area (Å²) < 4.78 is 26.6. The quantitative estimate of drug-likeness (QED) is 0.927. The van der Waals surface area contributed by atoms with Gasteiger partial charge in [-0.15, -0.1) is 0 Å². The third kappa shape index (κ3) is 3.74. The zero-order valence-electron chi connectivity index (χ0n) is 12.7. The highest BCUT2D eigenvalue weighted by atomic mass is 19.1. The van der Waals surface area contributed by atoms with Crippen molar-refractivity contribution in [2.24, 2.45) is 4.99 Å². The second-order valence-corrected chi connectivity index (χ2v) is 5.37. The molecule has 3 nitrogen and oxygen atoms in total. The molecule has 118 valence electrons. The fourth-order valence-electron chi connectivity index (χ4n) is 2.43. The third-order valence-corrected chi connectivity index (χ3v) is 3.65. The highest BCUT2D eigenvalue weighted by Gasteiger charge is 2.12. The van der Waals surface area contributed by atoms with Crippen molar-refractivity contribution >= 4 is 11.5 Å². The monoisotopic (exact) mass is 313 g/mol. The molecular weight excluding hydrogens is 296 g/mol. The first kappa shape index (κ1) is 15.2. The third-order valence-electron chi connectivity index (χ3n) is 3.65. The van der Waals surface area contributed by atoms with Crippen LogP contribution >= 0.6 is 0 Å². The number of aliphatic imine (C=N–C) groups is 1. The molecule has 0 aliphatic carbocycles. The number of amidine groups is 1. The summed E-state index contributed by atoms with van der Waals surface area (Å²) in [7, 11) is 0. The predicted molar refractivity (Wildman–Crippen MR) is 88.3 cm³/mol. The first-order valence-corrected chi connectivity index (χ1v) is 7.39. The van der Waals surface area contributed by atoms with Gasteiger partial charge in [0.05, 0.1) is 0 Å². The van der Waals surface area contributed by atoms with E-state index in [9.17, 15) is 8.78 Å². The van der Waals surface area contributed by atoms with Gasteiger partial charge in [0.15, 0.2) is 0 Å². The number of nitrogens with one attached hydrogen (secondary N) is 1. The lowest BCUT2D eigenvalue weighted by atomic mass is 10.1. The Balaban J connectivity index is 1.66. The molecule has 0 aromatic heterocycles. The molecule has 3 rings (SSSR count). The number of anilines is 1. The van der Waals surface area contributed by atoms with E-state index in [2.05, 4.69) is 17.2 Å². The number of rotatable bonds is 3. The molecule has 0 bridgehead atoms. The minimum Gasteiger partial charge on any atom is -0.364 e. The summed E-state index contributed by atoms with van der Waals surface area (Å²) in [5.41, 5.74) is 1.61. The maximum absolute atomic E-state index is 13.3. The number of benzene rings is 2. The Labute approximate surface area is 134 Å². The summed E-state index contributed by atoms with van der Waals surface area (Å²) in [6.45, 7) is 2.36. The highest BCUT2D eigenvalue weighted by Crippen LogP contribution is 2.20. The van der Waals surface area contributed by atoms with Crippen LogP contribution < -0.4 is 10.2 Å². The summed E-state index contributed by atoms with van der Waals surface area (Å²) in [5.74, 6) is -0.451. The van der Waals surface area contributed by atoms with Crippen LogP contribution in [-0.2, 0) is 0 Å². The molecule has 0 radical (unpaired) electrons. The molecule has 1 unspecified atom stereocenters. The molecule has 23 heavy (non-hydrogen) atoms. The van der Waals surface area contributed by atoms with Crippen molar-refractivity contribution in [1.29, 1.82) is 0 Å². The Kier molecular flexibility index (Phi) is 4.37. The van der Waals surface area contributed by atoms with Crippen LogP contribution in [0.2, 0.25) is 0 Å². The molecule has 1 heterocycles. The van der Waals surface area contributed by atoms with Gasteiger partial charge in [0.1, 0.15) is 24.1 Å². The maximum atomic E-state index is 13.3. The van der Waals surface area contributed by atoms with Crippen molar-refractivity contribution in [2.75, 3.05) is 11.6 Å². The first-order chi connectivity index (χ1) is 11.1. The maximum Gasteiger partial charge on any atom is 0.128 e. The van der Waals surface area contributed by atoms with E-state index in [1.54, 1.807) is 17.2 Å². The lowest BCUT2D eigenvalue weighted by Gasteiger charge is -2.24.